The van der Waals surface area contributed by atoms with Gasteiger partial charge in [-0.15, -0.1) is 0 Å². The van der Waals surface area contributed by atoms with E-state index in [0.29, 0.717) is 12.5 Å². The van der Waals surface area contributed by atoms with Crippen molar-refractivity contribution < 1.29 is 9.94 Å². The van der Waals surface area contributed by atoms with Crippen LogP contribution in [-0.4, -0.2) is 23.6 Å². The molecule has 1 rings (SSSR count). The first kappa shape index (κ1) is 12.0. The third-order valence-corrected chi connectivity index (χ3v) is 2.69. The van der Waals surface area contributed by atoms with Crippen molar-refractivity contribution in [3.63, 3.8) is 0 Å². The van der Waals surface area contributed by atoms with Crippen molar-refractivity contribution in [3.8, 4) is 6.07 Å². The lowest BCUT2D eigenvalue weighted by molar-refractivity contribution is 0.0378. The molecule has 0 bridgehead atoms. The van der Waals surface area contributed by atoms with Crippen molar-refractivity contribution in [2.75, 3.05) is 6.61 Å². The summed E-state index contributed by atoms with van der Waals surface area (Å²) < 4.78 is 5.68. The normalized spacial score (nSPS) is 21.0. The summed E-state index contributed by atoms with van der Waals surface area (Å²) in [5.74, 6) is 0. The number of hydrogen-bond acceptors (Lipinski definition) is 4. The van der Waals surface area contributed by atoms with Gasteiger partial charge in [-0.1, -0.05) is 5.16 Å². The predicted molar refractivity (Wildman–Crippen MR) is 56.9 cm³/mol. The van der Waals surface area contributed by atoms with Crippen LogP contribution in [0.4, 0.5) is 0 Å². The van der Waals surface area contributed by atoms with Crippen molar-refractivity contribution in [2.45, 2.75) is 51.0 Å². The number of ether oxygens (including phenoxy) is 1. The summed E-state index contributed by atoms with van der Waals surface area (Å²) in [7, 11) is 0. The number of hydrogen-bond donors (Lipinski definition) is 1. The Morgan fingerprint density at radius 1 is 1.40 bits per heavy atom. The summed E-state index contributed by atoms with van der Waals surface area (Å²) in [6.07, 6.45) is 6.43. The smallest absolute Gasteiger partial charge is 0.0621 e. The van der Waals surface area contributed by atoms with Gasteiger partial charge in [-0.25, -0.2) is 0 Å². The highest BCUT2D eigenvalue weighted by Gasteiger charge is 2.17. The molecule has 0 aromatic heterocycles. The van der Waals surface area contributed by atoms with Crippen LogP contribution in [0, 0.1) is 11.3 Å². The molecule has 0 radical (unpaired) electrons. The maximum atomic E-state index is 8.57. The maximum absolute atomic E-state index is 8.57. The first-order chi connectivity index (χ1) is 7.36. The first-order valence-electron chi connectivity index (χ1n) is 5.55. The lowest BCUT2D eigenvalue weighted by Gasteiger charge is -2.22. The van der Waals surface area contributed by atoms with Gasteiger partial charge in [0.15, 0.2) is 0 Å². The predicted octanol–water partition coefficient (Wildman–Crippen LogP) is 2.47. The van der Waals surface area contributed by atoms with Crippen LogP contribution >= 0.6 is 0 Å². The number of rotatable bonds is 5. The second-order valence-electron chi connectivity index (χ2n) is 3.85. The number of unbranched alkanes of at least 4 members (excludes halogenated alkanes) is 2. The van der Waals surface area contributed by atoms with Crippen LogP contribution in [0.3, 0.4) is 0 Å². The third kappa shape index (κ3) is 4.80. The van der Waals surface area contributed by atoms with Gasteiger partial charge in [0.1, 0.15) is 0 Å². The highest BCUT2D eigenvalue weighted by atomic mass is 16.5. The summed E-state index contributed by atoms with van der Waals surface area (Å²) in [6.45, 7) is 0.748. The monoisotopic (exact) mass is 210 g/mol. The van der Waals surface area contributed by atoms with E-state index in [9.17, 15) is 0 Å². The molecule has 0 aromatic carbocycles. The van der Waals surface area contributed by atoms with Gasteiger partial charge in [0, 0.05) is 13.0 Å². The molecule has 0 unspecified atom stereocenters. The summed E-state index contributed by atoms with van der Waals surface area (Å²) in [4.78, 5) is 0. The molecule has 0 heterocycles. The zero-order valence-corrected chi connectivity index (χ0v) is 8.98. The molecule has 0 atom stereocenters. The fraction of sp³-hybridized carbons (Fsp3) is 0.818. The molecule has 0 aliphatic heterocycles. The Kier molecular flexibility index (Phi) is 5.79. The fourth-order valence-corrected chi connectivity index (χ4v) is 1.75. The second-order valence-corrected chi connectivity index (χ2v) is 3.85. The molecule has 1 saturated carbocycles. The van der Waals surface area contributed by atoms with Crippen molar-refractivity contribution in [1.29, 1.82) is 5.26 Å². The molecule has 84 valence electrons. The largest absolute Gasteiger partial charge is 0.411 e. The van der Waals surface area contributed by atoms with Gasteiger partial charge in [0.05, 0.1) is 17.9 Å². The molecule has 15 heavy (non-hydrogen) atoms. The molecular formula is C11H18N2O2. The van der Waals surface area contributed by atoms with E-state index in [-0.39, 0.29) is 0 Å². The summed E-state index contributed by atoms with van der Waals surface area (Å²) in [6, 6.07) is 2.12. The minimum absolute atomic E-state index is 0.317. The van der Waals surface area contributed by atoms with Crippen molar-refractivity contribution >= 4 is 5.71 Å². The summed E-state index contributed by atoms with van der Waals surface area (Å²) in [5.41, 5.74) is 0.888. The molecule has 4 nitrogen and oxygen atoms in total. The van der Waals surface area contributed by atoms with E-state index >= 15 is 0 Å². The van der Waals surface area contributed by atoms with Crippen LogP contribution in [-0.2, 0) is 4.74 Å². The second kappa shape index (κ2) is 7.24. The quantitative estimate of drug-likeness (QED) is 0.430. The van der Waals surface area contributed by atoms with Gasteiger partial charge < -0.3 is 9.94 Å². The SMILES string of the molecule is N#CCCCCOC1CCC(=NO)CC1. The molecule has 1 N–H and O–H groups in total. The summed E-state index contributed by atoms with van der Waals surface area (Å²) in [5, 5.41) is 20.1. The first-order valence-corrected chi connectivity index (χ1v) is 5.55. The Morgan fingerprint density at radius 3 is 2.73 bits per heavy atom. The van der Waals surface area contributed by atoms with Crippen LogP contribution in [0.25, 0.3) is 0 Å². The molecule has 0 spiro atoms. The maximum Gasteiger partial charge on any atom is 0.0621 e. The standard InChI is InChI=1S/C11H18N2O2/c12-8-2-1-3-9-15-11-6-4-10(13-14)5-7-11/h11,14H,1-7,9H2. The average Bonchev–Trinajstić information content (AvgIpc) is 2.30. The zero-order chi connectivity index (χ0) is 10.9. The molecule has 0 amide bonds. The lowest BCUT2D eigenvalue weighted by atomic mass is 9.96. The Bertz CT molecular complexity index is 235. The van der Waals surface area contributed by atoms with Crippen LogP contribution in [0.1, 0.15) is 44.9 Å². The Hall–Kier alpha value is -1.08. The molecule has 1 aliphatic carbocycles. The van der Waals surface area contributed by atoms with E-state index in [1.54, 1.807) is 0 Å². The zero-order valence-electron chi connectivity index (χ0n) is 8.98. The van der Waals surface area contributed by atoms with Gasteiger partial charge in [-0.2, -0.15) is 5.26 Å². The van der Waals surface area contributed by atoms with Gasteiger partial charge in [0.2, 0.25) is 0 Å². The topological polar surface area (TPSA) is 65.6 Å². The molecule has 0 saturated heterocycles. The lowest BCUT2D eigenvalue weighted by Crippen LogP contribution is -2.22. The number of nitrogens with zero attached hydrogens (tertiary/aromatic N) is 2. The van der Waals surface area contributed by atoms with E-state index in [0.717, 1.165) is 50.8 Å². The third-order valence-electron chi connectivity index (χ3n) is 2.69. The van der Waals surface area contributed by atoms with E-state index in [1.807, 2.05) is 0 Å². The number of nitriles is 1. The molecule has 1 aliphatic rings. The Labute approximate surface area is 90.5 Å². The van der Waals surface area contributed by atoms with Crippen molar-refractivity contribution in [1.82, 2.24) is 0 Å². The number of oxime groups is 1. The van der Waals surface area contributed by atoms with Crippen molar-refractivity contribution in [2.24, 2.45) is 5.16 Å². The molecule has 1 fully saturated rings. The molecular weight excluding hydrogens is 192 g/mol. The van der Waals surface area contributed by atoms with Gasteiger partial charge in [-0.3, -0.25) is 0 Å². The van der Waals surface area contributed by atoms with Crippen LogP contribution in [0.5, 0.6) is 0 Å². The van der Waals surface area contributed by atoms with Gasteiger partial charge in [-0.05, 0) is 38.5 Å². The van der Waals surface area contributed by atoms with E-state index in [4.69, 9.17) is 15.2 Å². The van der Waals surface area contributed by atoms with E-state index < -0.39 is 0 Å². The molecule has 4 heteroatoms. The Balaban J connectivity index is 2.02. The van der Waals surface area contributed by atoms with Crippen LogP contribution < -0.4 is 0 Å². The van der Waals surface area contributed by atoms with E-state index in [2.05, 4.69) is 11.2 Å². The highest BCUT2D eigenvalue weighted by molar-refractivity contribution is 5.84. The highest BCUT2D eigenvalue weighted by Crippen LogP contribution is 2.19. The van der Waals surface area contributed by atoms with E-state index in [1.165, 1.54) is 0 Å². The Morgan fingerprint density at radius 2 is 2.13 bits per heavy atom. The fourth-order valence-electron chi connectivity index (χ4n) is 1.75. The summed E-state index contributed by atoms with van der Waals surface area (Å²) >= 11 is 0. The van der Waals surface area contributed by atoms with Gasteiger partial charge in [0.25, 0.3) is 0 Å². The van der Waals surface area contributed by atoms with Gasteiger partial charge >= 0.3 is 0 Å². The minimum Gasteiger partial charge on any atom is -0.411 e. The minimum atomic E-state index is 0.317. The van der Waals surface area contributed by atoms with Crippen LogP contribution in [0.15, 0.2) is 5.16 Å². The molecule has 0 aromatic rings. The average molecular weight is 210 g/mol. The van der Waals surface area contributed by atoms with Crippen molar-refractivity contribution in [3.05, 3.63) is 0 Å². The van der Waals surface area contributed by atoms with Crippen LogP contribution in [0.2, 0.25) is 0 Å².